The first-order valence-corrected chi connectivity index (χ1v) is 8.27. The molecule has 0 unspecified atom stereocenters. The van der Waals surface area contributed by atoms with E-state index in [0.717, 1.165) is 18.8 Å². The second-order valence-corrected chi connectivity index (χ2v) is 6.59. The Kier molecular flexibility index (Phi) is 4.92. The van der Waals surface area contributed by atoms with Gasteiger partial charge in [-0.1, -0.05) is 30.3 Å². The van der Waals surface area contributed by atoms with Crippen LogP contribution in [0.4, 0.5) is 0 Å². The number of hydrogen-bond donors (Lipinski definition) is 1. The second-order valence-electron chi connectivity index (χ2n) is 4.50. The fourth-order valence-electron chi connectivity index (χ4n) is 1.88. The zero-order chi connectivity index (χ0) is 14.4. The fraction of sp³-hybridized carbons (Fsp3) is 0.357. The SMILES string of the molecule is CCS(=O)(=O)NCc1nccn1CCc1ccccc1. The minimum atomic E-state index is -3.18. The van der Waals surface area contributed by atoms with E-state index in [2.05, 4.69) is 21.8 Å². The summed E-state index contributed by atoms with van der Waals surface area (Å²) in [5, 5.41) is 0. The summed E-state index contributed by atoms with van der Waals surface area (Å²) in [6, 6.07) is 10.2. The van der Waals surface area contributed by atoms with Crippen molar-refractivity contribution in [1.29, 1.82) is 0 Å². The topological polar surface area (TPSA) is 64.0 Å². The highest BCUT2D eigenvalue weighted by Crippen LogP contribution is 2.04. The molecule has 1 N–H and O–H groups in total. The third-order valence-electron chi connectivity index (χ3n) is 3.12. The van der Waals surface area contributed by atoms with Crippen molar-refractivity contribution in [2.24, 2.45) is 0 Å². The van der Waals surface area contributed by atoms with E-state index in [0.29, 0.717) is 0 Å². The number of sulfonamides is 1. The molecule has 2 aromatic rings. The Balaban J connectivity index is 1.95. The van der Waals surface area contributed by atoms with Crippen LogP contribution >= 0.6 is 0 Å². The smallest absolute Gasteiger partial charge is 0.211 e. The summed E-state index contributed by atoms with van der Waals surface area (Å²) in [5.74, 6) is 0.815. The molecule has 108 valence electrons. The molecular weight excluding hydrogens is 274 g/mol. The fourth-order valence-corrected chi connectivity index (χ4v) is 2.43. The molecule has 5 nitrogen and oxygen atoms in total. The summed E-state index contributed by atoms with van der Waals surface area (Å²) in [5.41, 5.74) is 1.25. The Hall–Kier alpha value is -1.66. The molecule has 0 atom stereocenters. The minimum absolute atomic E-state index is 0.0811. The predicted molar refractivity (Wildman–Crippen MR) is 78.7 cm³/mol. The number of hydrogen-bond acceptors (Lipinski definition) is 3. The van der Waals surface area contributed by atoms with Gasteiger partial charge in [0.25, 0.3) is 0 Å². The van der Waals surface area contributed by atoms with Crippen molar-refractivity contribution in [3.05, 3.63) is 54.1 Å². The third-order valence-corrected chi connectivity index (χ3v) is 4.46. The molecule has 1 aromatic heterocycles. The van der Waals surface area contributed by atoms with Gasteiger partial charge in [-0.15, -0.1) is 0 Å². The molecule has 1 heterocycles. The van der Waals surface area contributed by atoms with Gasteiger partial charge in [0.05, 0.1) is 12.3 Å². The highest BCUT2D eigenvalue weighted by molar-refractivity contribution is 7.89. The summed E-state index contributed by atoms with van der Waals surface area (Å²) in [6.45, 7) is 2.63. The largest absolute Gasteiger partial charge is 0.334 e. The quantitative estimate of drug-likeness (QED) is 0.842. The normalized spacial score (nSPS) is 11.7. The van der Waals surface area contributed by atoms with Gasteiger partial charge in [0, 0.05) is 18.9 Å². The first-order chi connectivity index (χ1) is 9.61. The van der Waals surface area contributed by atoms with Crippen LogP contribution in [-0.4, -0.2) is 23.7 Å². The molecular formula is C14H19N3O2S. The summed E-state index contributed by atoms with van der Waals surface area (Å²) in [4.78, 5) is 4.20. The molecule has 2 rings (SSSR count). The van der Waals surface area contributed by atoms with Crippen LogP contribution in [0.5, 0.6) is 0 Å². The lowest BCUT2D eigenvalue weighted by molar-refractivity contribution is 0.574. The molecule has 0 fully saturated rings. The summed E-state index contributed by atoms with van der Waals surface area (Å²) in [7, 11) is -3.18. The van der Waals surface area contributed by atoms with Gasteiger partial charge in [-0.3, -0.25) is 0 Å². The Morgan fingerprint density at radius 2 is 2.00 bits per heavy atom. The van der Waals surface area contributed by atoms with Crippen molar-refractivity contribution in [1.82, 2.24) is 14.3 Å². The summed E-state index contributed by atoms with van der Waals surface area (Å²) in [6.07, 6.45) is 4.46. The number of nitrogens with zero attached hydrogens (tertiary/aromatic N) is 2. The molecule has 0 aliphatic rings. The van der Waals surface area contributed by atoms with Gasteiger partial charge in [-0.25, -0.2) is 18.1 Å². The molecule has 0 bridgehead atoms. The van der Waals surface area contributed by atoms with Crippen LogP contribution < -0.4 is 4.72 Å². The van der Waals surface area contributed by atoms with Crippen molar-refractivity contribution in [3.8, 4) is 0 Å². The average Bonchev–Trinajstić information content (AvgIpc) is 2.92. The van der Waals surface area contributed by atoms with Crippen LogP contribution in [0, 0.1) is 0 Å². The van der Waals surface area contributed by atoms with Crippen molar-refractivity contribution in [2.75, 3.05) is 5.75 Å². The Morgan fingerprint density at radius 3 is 2.70 bits per heavy atom. The van der Waals surface area contributed by atoms with Crippen LogP contribution in [0.15, 0.2) is 42.7 Å². The number of imidazole rings is 1. The molecule has 0 amide bonds. The number of aromatic nitrogens is 2. The van der Waals surface area contributed by atoms with E-state index in [4.69, 9.17) is 0 Å². The molecule has 20 heavy (non-hydrogen) atoms. The molecule has 0 saturated heterocycles. The second kappa shape index (κ2) is 6.67. The van der Waals surface area contributed by atoms with E-state index in [1.54, 1.807) is 13.1 Å². The highest BCUT2D eigenvalue weighted by atomic mass is 32.2. The van der Waals surface area contributed by atoms with Gasteiger partial charge in [0.1, 0.15) is 5.82 Å². The van der Waals surface area contributed by atoms with Crippen molar-refractivity contribution >= 4 is 10.0 Å². The molecule has 0 radical (unpaired) electrons. The maximum Gasteiger partial charge on any atom is 0.211 e. The van der Waals surface area contributed by atoms with Gasteiger partial charge in [0.2, 0.25) is 10.0 Å². The van der Waals surface area contributed by atoms with Gasteiger partial charge in [-0.05, 0) is 18.9 Å². The van der Waals surface area contributed by atoms with Gasteiger partial charge in [0.15, 0.2) is 0 Å². The predicted octanol–water partition coefficient (Wildman–Crippen LogP) is 1.57. The number of benzene rings is 1. The zero-order valence-electron chi connectivity index (χ0n) is 11.5. The summed E-state index contributed by atoms with van der Waals surface area (Å²) < 4.78 is 27.4. The first-order valence-electron chi connectivity index (χ1n) is 6.62. The molecule has 0 spiro atoms. The maximum absolute atomic E-state index is 11.4. The standard InChI is InChI=1S/C14H19N3O2S/c1-2-20(18,19)16-12-14-15-9-11-17(14)10-8-13-6-4-3-5-7-13/h3-7,9,11,16H,2,8,10,12H2,1H3. The number of nitrogens with one attached hydrogen (secondary N) is 1. The maximum atomic E-state index is 11.4. The lowest BCUT2D eigenvalue weighted by atomic mass is 10.1. The molecule has 0 aliphatic heterocycles. The van der Waals surface area contributed by atoms with Crippen LogP contribution in [0.3, 0.4) is 0 Å². The minimum Gasteiger partial charge on any atom is -0.334 e. The Morgan fingerprint density at radius 1 is 1.25 bits per heavy atom. The Labute approximate surface area is 119 Å². The molecule has 0 aliphatic carbocycles. The molecule has 0 saturated carbocycles. The Bertz CT molecular complexity index is 635. The van der Waals surface area contributed by atoms with E-state index in [-0.39, 0.29) is 12.3 Å². The van der Waals surface area contributed by atoms with Crippen molar-refractivity contribution in [2.45, 2.75) is 26.4 Å². The van der Waals surface area contributed by atoms with E-state index in [9.17, 15) is 8.42 Å². The lowest BCUT2D eigenvalue weighted by Gasteiger charge is -2.09. The van der Waals surface area contributed by atoms with E-state index in [1.807, 2.05) is 29.0 Å². The molecule has 6 heteroatoms. The van der Waals surface area contributed by atoms with E-state index in [1.165, 1.54) is 5.56 Å². The van der Waals surface area contributed by atoms with Crippen LogP contribution in [-0.2, 0) is 29.5 Å². The van der Waals surface area contributed by atoms with Crippen LogP contribution in [0.2, 0.25) is 0 Å². The first kappa shape index (κ1) is 14.7. The van der Waals surface area contributed by atoms with Gasteiger partial charge >= 0.3 is 0 Å². The highest BCUT2D eigenvalue weighted by Gasteiger charge is 2.09. The van der Waals surface area contributed by atoms with Crippen LogP contribution in [0.25, 0.3) is 0 Å². The van der Waals surface area contributed by atoms with E-state index < -0.39 is 10.0 Å². The monoisotopic (exact) mass is 293 g/mol. The number of rotatable bonds is 7. The number of aryl methyl sites for hydroxylation is 2. The van der Waals surface area contributed by atoms with Crippen molar-refractivity contribution in [3.63, 3.8) is 0 Å². The lowest BCUT2D eigenvalue weighted by Crippen LogP contribution is -2.26. The van der Waals surface area contributed by atoms with Gasteiger partial charge < -0.3 is 4.57 Å². The summed E-state index contributed by atoms with van der Waals surface area (Å²) >= 11 is 0. The van der Waals surface area contributed by atoms with Crippen molar-refractivity contribution < 1.29 is 8.42 Å². The molecule has 1 aromatic carbocycles. The van der Waals surface area contributed by atoms with Gasteiger partial charge in [-0.2, -0.15) is 0 Å². The zero-order valence-corrected chi connectivity index (χ0v) is 12.3. The van der Waals surface area contributed by atoms with E-state index >= 15 is 0 Å². The van der Waals surface area contributed by atoms with Crippen LogP contribution in [0.1, 0.15) is 18.3 Å². The average molecular weight is 293 g/mol. The third kappa shape index (κ3) is 4.18.